The van der Waals surface area contributed by atoms with Crippen LogP contribution in [0.5, 0.6) is 0 Å². The highest BCUT2D eigenvalue weighted by molar-refractivity contribution is 9.10. The minimum atomic E-state index is -0.231. The van der Waals surface area contributed by atoms with E-state index in [4.69, 9.17) is 0 Å². The van der Waals surface area contributed by atoms with E-state index in [1.807, 2.05) is 27.8 Å². The summed E-state index contributed by atoms with van der Waals surface area (Å²) in [6.45, 7) is 0.783. The number of hydrogen-bond acceptors (Lipinski definition) is 3. The molecule has 0 amide bonds. The van der Waals surface area contributed by atoms with Gasteiger partial charge in [-0.3, -0.25) is 0 Å². The van der Waals surface area contributed by atoms with Crippen molar-refractivity contribution in [3.05, 3.63) is 52.8 Å². The Morgan fingerprint density at radius 2 is 2.20 bits per heavy atom. The van der Waals surface area contributed by atoms with E-state index in [0.717, 1.165) is 40.3 Å². The SMILES string of the molecule is Fc1ccc2c(c1)N(c1nc(Br)cn3ccnc13)CC2. The Balaban J connectivity index is 1.94. The molecule has 1 aliphatic heterocycles. The summed E-state index contributed by atoms with van der Waals surface area (Å²) in [4.78, 5) is 10.9. The van der Waals surface area contributed by atoms with Gasteiger partial charge in [-0.2, -0.15) is 0 Å². The summed E-state index contributed by atoms with van der Waals surface area (Å²) in [5.41, 5.74) is 2.78. The summed E-state index contributed by atoms with van der Waals surface area (Å²) in [7, 11) is 0. The highest BCUT2D eigenvalue weighted by Gasteiger charge is 2.24. The fourth-order valence-corrected chi connectivity index (χ4v) is 3.03. The Labute approximate surface area is 123 Å². The quantitative estimate of drug-likeness (QED) is 0.685. The molecule has 2 aromatic heterocycles. The Hall–Kier alpha value is -1.95. The summed E-state index contributed by atoms with van der Waals surface area (Å²) < 4.78 is 16.1. The van der Waals surface area contributed by atoms with Crippen molar-refractivity contribution in [2.45, 2.75) is 6.42 Å². The zero-order valence-electron chi connectivity index (χ0n) is 10.4. The third-order valence-electron chi connectivity index (χ3n) is 3.53. The second-order valence-electron chi connectivity index (χ2n) is 4.72. The molecule has 3 aromatic rings. The lowest BCUT2D eigenvalue weighted by Crippen LogP contribution is -2.16. The summed E-state index contributed by atoms with van der Waals surface area (Å²) in [5.74, 6) is 0.513. The zero-order valence-corrected chi connectivity index (χ0v) is 12.0. The first-order chi connectivity index (χ1) is 9.72. The third kappa shape index (κ3) is 1.71. The van der Waals surface area contributed by atoms with Gasteiger partial charge in [-0.05, 0) is 40.0 Å². The monoisotopic (exact) mass is 332 g/mol. The van der Waals surface area contributed by atoms with Crippen molar-refractivity contribution in [2.75, 3.05) is 11.4 Å². The van der Waals surface area contributed by atoms with E-state index in [1.165, 1.54) is 6.07 Å². The number of hydrogen-bond donors (Lipinski definition) is 0. The summed E-state index contributed by atoms with van der Waals surface area (Å²) in [6.07, 6.45) is 6.34. The molecule has 20 heavy (non-hydrogen) atoms. The highest BCUT2D eigenvalue weighted by Crippen LogP contribution is 2.36. The minimum absolute atomic E-state index is 0.231. The molecular formula is C14H10BrFN4. The maximum absolute atomic E-state index is 13.5. The third-order valence-corrected chi connectivity index (χ3v) is 3.91. The first kappa shape index (κ1) is 11.8. The number of rotatable bonds is 1. The molecule has 100 valence electrons. The average Bonchev–Trinajstić information content (AvgIpc) is 3.03. The first-order valence-electron chi connectivity index (χ1n) is 6.27. The molecule has 1 aromatic carbocycles. The molecule has 0 spiro atoms. The van der Waals surface area contributed by atoms with Crippen LogP contribution in [0.2, 0.25) is 0 Å². The molecule has 0 atom stereocenters. The van der Waals surface area contributed by atoms with Crippen LogP contribution < -0.4 is 4.90 Å². The van der Waals surface area contributed by atoms with Gasteiger partial charge in [0.25, 0.3) is 0 Å². The van der Waals surface area contributed by atoms with Gasteiger partial charge in [0.15, 0.2) is 11.5 Å². The maximum atomic E-state index is 13.5. The number of nitrogens with zero attached hydrogens (tertiary/aromatic N) is 4. The van der Waals surface area contributed by atoms with E-state index >= 15 is 0 Å². The van der Waals surface area contributed by atoms with Gasteiger partial charge in [0, 0.05) is 30.8 Å². The number of fused-ring (bicyclic) bond motifs is 2. The molecule has 0 radical (unpaired) electrons. The van der Waals surface area contributed by atoms with Crippen molar-refractivity contribution in [1.29, 1.82) is 0 Å². The van der Waals surface area contributed by atoms with Crippen molar-refractivity contribution >= 4 is 33.1 Å². The van der Waals surface area contributed by atoms with Crippen LogP contribution in [0.1, 0.15) is 5.56 Å². The van der Waals surface area contributed by atoms with Crippen LogP contribution in [0, 0.1) is 5.82 Å². The van der Waals surface area contributed by atoms with Crippen LogP contribution in [0.4, 0.5) is 15.9 Å². The molecule has 1 aliphatic rings. The van der Waals surface area contributed by atoms with E-state index in [2.05, 4.69) is 25.9 Å². The van der Waals surface area contributed by atoms with Gasteiger partial charge in [-0.1, -0.05) is 6.07 Å². The number of benzene rings is 1. The van der Waals surface area contributed by atoms with Crippen molar-refractivity contribution in [2.24, 2.45) is 0 Å². The Morgan fingerprint density at radius 3 is 3.10 bits per heavy atom. The molecule has 0 saturated carbocycles. The van der Waals surface area contributed by atoms with Crippen LogP contribution in [-0.2, 0) is 6.42 Å². The Kier molecular flexibility index (Phi) is 2.53. The second-order valence-corrected chi connectivity index (χ2v) is 5.53. The van der Waals surface area contributed by atoms with E-state index < -0.39 is 0 Å². The fraction of sp³-hybridized carbons (Fsp3) is 0.143. The van der Waals surface area contributed by atoms with E-state index in [9.17, 15) is 4.39 Å². The molecule has 0 N–H and O–H groups in total. The van der Waals surface area contributed by atoms with Gasteiger partial charge in [-0.25, -0.2) is 14.4 Å². The van der Waals surface area contributed by atoms with Gasteiger partial charge in [-0.15, -0.1) is 0 Å². The minimum Gasteiger partial charge on any atom is -0.323 e. The lowest BCUT2D eigenvalue weighted by molar-refractivity contribution is 0.628. The van der Waals surface area contributed by atoms with Gasteiger partial charge in [0.05, 0.1) is 0 Å². The Bertz CT molecular complexity index is 814. The molecule has 4 rings (SSSR count). The average molecular weight is 333 g/mol. The van der Waals surface area contributed by atoms with Gasteiger partial charge < -0.3 is 9.30 Å². The lowest BCUT2D eigenvalue weighted by atomic mass is 10.2. The normalized spacial score (nSPS) is 14.0. The van der Waals surface area contributed by atoms with Gasteiger partial charge >= 0.3 is 0 Å². The highest BCUT2D eigenvalue weighted by atomic mass is 79.9. The summed E-state index contributed by atoms with van der Waals surface area (Å²) in [5, 5.41) is 0. The molecule has 0 saturated heterocycles. The first-order valence-corrected chi connectivity index (χ1v) is 7.07. The van der Waals surface area contributed by atoms with Crippen LogP contribution in [0.25, 0.3) is 5.65 Å². The molecule has 0 unspecified atom stereocenters. The number of anilines is 2. The molecule has 6 heteroatoms. The molecule has 0 aliphatic carbocycles. The van der Waals surface area contributed by atoms with Crippen LogP contribution >= 0.6 is 15.9 Å². The number of halogens is 2. The van der Waals surface area contributed by atoms with Crippen molar-refractivity contribution in [3.63, 3.8) is 0 Å². The predicted octanol–water partition coefficient (Wildman–Crippen LogP) is 3.33. The number of imidazole rings is 1. The fourth-order valence-electron chi connectivity index (χ4n) is 2.64. The molecule has 0 bridgehead atoms. The lowest BCUT2D eigenvalue weighted by Gasteiger charge is -2.19. The van der Waals surface area contributed by atoms with Gasteiger partial charge in [0.2, 0.25) is 0 Å². The van der Waals surface area contributed by atoms with E-state index in [0.29, 0.717) is 0 Å². The largest absolute Gasteiger partial charge is 0.323 e. The summed E-state index contributed by atoms with van der Waals surface area (Å²) in [6, 6.07) is 4.90. The van der Waals surface area contributed by atoms with Crippen LogP contribution in [0.3, 0.4) is 0 Å². The van der Waals surface area contributed by atoms with Crippen molar-refractivity contribution in [3.8, 4) is 0 Å². The number of aromatic nitrogens is 3. The predicted molar refractivity (Wildman–Crippen MR) is 77.8 cm³/mol. The molecular weight excluding hydrogens is 323 g/mol. The van der Waals surface area contributed by atoms with Crippen molar-refractivity contribution < 1.29 is 4.39 Å². The van der Waals surface area contributed by atoms with E-state index in [1.54, 1.807) is 12.3 Å². The van der Waals surface area contributed by atoms with Crippen LogP contribution in [0.15, 0.2) is 41.4 Å². The molecule has 4 nitrogen and oxygen atoms in total. The maximum Gasteiger partial charge on any atom is 0.180 e. The summed E-state index contributed by atoms with van der Waals surface area (Å²) >= 11 is 3.41. The van der Waals surface area contributed by atoms with Gasteiger partial charge in [0.1, 0.15) is 10.4 Å². The molecule has 0 fully saturated rings. The molecule has 3 heterocycles. The zero-order chi connectivity index (χ0) is 13.7. The second kappa shape index (κ2) is 4.28. The standard InChI is InChI=1S/C14H10BrFN4/c15-12-8-19-6-4-17-13(19)14(18-12)20-5-3-9-1-2-10(16)7-11(9)20/h1-2,4,6-8H,3,5H2. The van der Waals surface area contributed by atoms with E-state index in [-0.39, 0.29) is 5.82 Å². The topological polar surface area (TPSA) is 33.4 Å². The smallest absolute Gasteiger partial charge is 0.180 e. The Morgan fingerprint density at radius 1 is 1.30 bits per heavy atom. The van der Waals surface area contributed by atoms with Crippen molar-refractivity contribution in [1.82, 2.24) is 14.4 Å². The van der Waals surface area contributed by atoms with Crippen LogP contribution in [-0.4, -0.2) is 20.9 Å².